The standard InChI is InChI=1S/C17H23BN2O3/c1-16(2)17(3,4)23-18(22-16)13-7-12-10-20(9-11-5-6-11)15(21)14(12)19-8-13/h7-8,11H,5-6,9-10H2,1-4H3. The van der Waals surface area contributed by atoms with E-state index in [0.717, 1.165) is 17.6 Å². The lowest BCUT2D eigenvalue weighted by atomic mass is 9.79. The SMILES string of the molecule is CC1(C)OB(c2cnc3c(c2)CN(CC2CC2)C3=O)OC1(C)C. The fraction of sp³-hybridized carbons (Fsp3) is 0.647. The summed E-state index contributed by atoms with van der Waals surface area (Å²) in [6, 6.07) is 2.02. The van der Waals surface area contributed by atoms with Gasteiger partial charge in [-0.1, -0.05) is 6.07 Å². The molecule has 1 saturated carbocycles. The lowest BCUT2D eigenvalue weighted by Crippen LogP contribution is -2.41. The average Bonchev–Trinajstić information content (AvgIpc) is 3.18. The van der Waals surface area contributed by atoms with E-state index in [1.807, 2.05) is 38.7 Å². The van der Waals surface area contributed by atoms with Gasteiger partial charge in [-0.3, -0.25) is 9.78 Å². The van der Waals surface area contributed by atoms with Crippen LogP contribution in [0, 0.1) is 5.92 Å². The zero-order valence-corrected chi connectivity index (χ0v) is 14.3. The number of aromatic nitrogens is 1. The van der Waals surface area contributed by atoms with E-state index in [9.17, 15) is 4.79 Å². The Hall–Kier alpha value is -1.40. The van der Waals surface area contributed by atoms with Crippen molar-refractivity contribution in [2.24, 2.45) is 5.92 Å². The Morgan fingerprint density at radius 3 is 2.52 bits per heavy atom. The first-order valence-electron chi connectivity index (χ1n) is 8.40. The van der Waals surface area contributed by atoms with E-state index in [2.05, 4.69) is 4.98 Å². The summed E-state index contributed by atoms with van der Waals surface area (Å²) in [7, 11) is -0.426. The molecule has 0 radical (unpaired) electrons. The molecule has 122 valence electrons. The van der Waals surface area contributed by atoms with Crippen LogP contribution in [-0.4, -0.2) is 40.7 Å². The first-order chi connectivity index (χ1) is 10.8. The number of rotatable bonds is 3. The third-order valence-electron chi connectivity index (χ3n) is 5.54. The van der Waals surface area contributed by atoms with E-state index in [4.69, 9.17) is 9.31 Å². The highest BCUT2D eigenvalue weighted by Crippen LogP contribution is 2.37. The summed E-state index contributed by atoms with van der Waals surface area (Å²) in [6.45, 7) is 9.67. The number of fused-ring (bicyclic) bond motifs is 1. The number of amides is 1. The lowest BCUT2D eigenvalue weighted by molar-refractivity contribution is 0.00578. The van der Waals surface area contributed by atoms with Gasteiger partial charge in [-0.25, -0.2) is 0 Å². The average molecular weight is 314 g/mol. The molecular weight excluding hydrogens is 291 g/mol. The topological polar surface area (TPSA) is 51.7 Å². The summed E-state index contributed by atoms with van der Waals surface area (Å²) in [5, 5.41) is 0. The molecule has 0 N–H and O–H groups in total. The van der Waals surface area contributed by atoms with Crippen LogP contribution in [0.1, 0.15) is 56.6 Å². The molecule has 6 heteroatoms. The van der Waals surface area contributed by atoms with Crippen LogP contribution >= 0.6 is 0 Å². The van der Waals surface area contributed by atoms with E-state index < -0.39 is 7.12 Å². The van der Waals surface area contributed by atoms with Gasteiger partial charge in [0.05, 0.1) is 11.2 Å². The van der Waals surface area contributed by atoms with Gasteiger partial charge in [0.25, 0.3) is 5.91 Å². The van der Waals surface area contributed by atoms with Crippen LogP contribution in [0.5, 0.6) is 0 Å². The first-order valence-corrected chi connectivity index (χ1v) is 8.40. The fourth-order valence-corrected chi connectivity index (χ4v) is 3.14. The largest absolute Gasteiger partial charge is 0.496 e. The molecule has 2 aliphatic heterocycles. The number of carbonyl (C=O) groups is 1. The Balaban J connectivity index is 1.56. The maximum atomic E-state index is 12.4. The molecule has 3 aliphatic rings. The van der Waals surface area contributed by atoms with Gasteiger partial charge in [-0.2, -0.15) is 0 Å². The Morgan fingerprint density at radius 1 is 1.26 bits per heavy atom. The van der Waals surface area contributed by atoms with Crippen molar-refractivity contribution in [1.82, 2.24) is 9.88 Å². The molecule has 2 fully saturated rings. The number of carbonyl (C=O) groups excluding carboxylic acids is 1. The predicted octanol–water partition coefficient (Wildman–Crippen LogP) is 1.75. The molecule has 1 saturated heterocycles. The summed E-state index contributed by atoms with van der Waals surface area (Å²) >= 11 is 0. The van der Waals surface area contributed by atoms with Crippen LogP contribution in [0.15, 0.2) is 12.3 Å². The van der Waals surface area contributed by atoms with Crippen molar-refractivity contribution in [3.05, 3.63) is 23.5 Å². The molecule has 0 bridgehead atoms. The molecule has 23 heavy (non-hydrogen) atoms. The molecule has 0 unspecified atom stereocenters. The van der Waals surface area contributed by atoms with Crippen molar-refractivity contribution in [2.45, 2.75) is 58.3 Å². The van der Waals surface area contributed by atoms with Crippen LogP contribution < -0.4 is 5.46 Å². The van der Waals surface area contributed by atoms with Crippen LogP contribution in [0.2, 0.25) is 0 Å². The molecule has 1 aromatic rings. The number of pyridine rings is 1. The Labute approximate surface area is 137 Å². The third kappa shape index (κ3) is 2.48. The Bertz CT molecular complexity index is 654. The van der Waals surface area contributed by atoms with Gasteiger partial charge in [-0.15, -0.1) is 0 Å². The molecule has 0 spiro atoms. The normalized spacial score (nSPS) is 25.1. The van der Waals surface area contributed by atoms with Crippen LogP contribution in [0.3, 0.4) is 0 Å². The zero-order valence-electron chi connectivity index (χ0n) is 14.3. The second-order valence-electron chi connectivity index (χ2n) is 7.99. The van der Waals surface area contributed by atoms with Crippen molar-refractivity contribution in [2.75, 3.05) is 6.54 Å². The highest BCUT2D eigenvalue weighted by atomic mass is 16.7. The predicted molar refractivity (Wildman–Crippen MR) is 87.4 cm³/mol. The van der Waals surface area contributed by atoms with Gasteiger partial charge in [-0.05, 0) is 46.5 Å². The molecule has 5 nitrogen and oxygen atoms in total. The third-order valence-corrected chi connectivity index (χ3v) is 5.54. The van der Waals surface area contributed by atoms with Crippen LogP contribution in [0.4, 0.5) is 0 Å². The van der Waals surface area contributed by atoms with Crippen molar-refractivity contribution >= 4 is 18.5 Å². The molecule has 3 heterocycles. The highest BCUT2D eigenvalue weighted by molar-refractivity contribution is 6.62. The van der Waals surface area contributed by atoms with Crippen molar-refractivity contribution in [3.8, 4) is 0 Å². The second-order valence-corrected chi connectivity index (χ2v) is 7.99. The summed E-state index contributed by atoms with van der Waals surface area (Å²) in [6.07, 6.45) is 4.21. The molecular formula is C17H23BN2O3. The van der Waals surface area contributed by atoms with Gasteiger partial charge in [0.1, 0.15) is 5.69 Å². The molecule has 1 aliphatic carbocycles. The summed E-state index contributed by atoms with van der Waals surface area (Å²) in [4.78, 5) is 18.7. The quantitative estimate of drug-likeness (QED) is 0.798. The van der Waals surface area contributed by atoms with E-state index in [0.29, 0.717) is 18.2 Å². The first kappa shape index (κ1) is 15.2. The minimum Gasteiger partial charge on any atom is -0.399 e. The van der Waals surface area contributed by atoms with Gasteiger partial charge in [0, 0.05) is 30.3 Å². The van der Waals surface area contributed by atoms with E-state index >= 15 is 0 Å². The van der Waals surface area contributed by atoms with Crippen LogP contribution in [-0.2, 0) is 15.9 Å². The van der Waals surface area contributed by atoms with Crippen molar-refractivity contribution < 1.29 is 14.1 Å². The Kier molecular flexibility index (Phi) is 3.16. The van der Waals surface area contributed by atoms with E-state index in [1.54, 1.807) is 6.20 Å². The number of hydrogen-bond donors (Lipinski definition) is 0. The van der Waals surface area contributed by atoms with Crippen LogP contribution in [0.25, 0.3) is 0 Å². The highest BCUT2D eigenvalue weighted by Gasteiger charge is 2.52. The fourth-order valence-electron chi connectivity index (χ4n) is 3.14. The van der Waals surface area contributed by atoms with Crippen molar-refractivity contribution in [1.29, 1.82) is 0 Å². The summed E-state index contributed by atoms with van der Waals surface area (Å²) < 4.78 is 12.2. The van der Waals surface area contributed by atoms with Gasteiger partial charge in [0.15, 0.2) is 0 Å². The van der Waals surface area contributed by atoms with E-state index in [1.165, 1.54) is 12.8 Å². The maximum Gasteiger partial charge on any atom is 0.496 e. The number of nitrogens with zero attached hydrogens (tertiary/aromatic N) is 2. The second kappa shape index (κ2) is 4.80. The van der Waals surface area contributed by atoms with Gasteiger partial charge in [0.2, 0.25) is 0 Å². The monoisotopic (exact) mass is 314 g/mol. The number of hydrogen-bond acceptors (Lipinski definition) is 4. The van der Waals surface area contributed by atoms with Gasteiger partial charge < -0.3 is 14.2 Å². The maximum absolute atomic E-state index is 12.4. The molecule has 1 aromatic heterocycles. The molecule has 1 amide bonds. The minimum atomic E-state index is -0.426. The molecule has 0 aromatic carbocycles. The lowest BCUT2D eigenvalue weighted by Gasteiger charge is -2.32. The summed E-state index contributed by atoms with van der Waals surface area (Å²) in [5.74, 6) is 0.753. The Morgan fingerprint density at radius 2 is 1.91 bits per heavy atom. The summed E-state index contributed by atoms with van der Waals surface area (Å²) in [5.41, 5.74) is 1.73. The smallest absolute Gasteiger partial charge is 0.399 e. The molecule has 4 rings (SSSR count). The zero-order chi connectivity index (χ0) is 16.4. The van der Waals surface area contributed by atoms with Gasteiger partial charge >= 0.3 is 7.12 Å². The molecule has 0 atom stereocenters. The van der Waals surface area contributed by atoms with E-state index in [-0.39, 0.29) is 17.1 Å². The minimum absolute atomic E-state index is 0.0624. The van der Waals surface area contributed by atoms with Crippen molar-refractivity contribution in [3.63, 3.8) is 0 Å².